The Morgan fingerprint density at radius 2 is 1.62 bits per heavy atom. The lowest BCUT2D eigenvalue weighted by atomic mass is 10.1. The van der Waals surface area contributed by atoms with Crippen molar-refractivity contribution in [2.24, 2.45) is 0 Å². The molecular formula is C21H21NO3S. The zero-order chi connectivity index (χ0) is 18.6. The molecule has 0 bridgehead atoms. The average molecular weight is 367 g/mol. The Hall–Kier alpha value is -2.66. The molecule has 134 valence electrons. The number of amides is 1. The van der Waals surface area contributed by atoms with Crippen LogP contribution in [-0.2, 0) is 26.8 Å². The van der Waals surface area contributed by atoms with Gasteiger partial charge < -0.3 is 5.32 Å². The van der Waals surface area contributed by atoms with E-state index in [1.54, 1.807) is 18.2 Å². The molecule has 0 aliphatic heterocycles. The van der Waals surface area contributed by atoms with Crippen LogP contribution in [0, 0.1) is 0 Å². The maximum atomic E-state index is 12.5. The molecule has 0 heterocycles. The van der Waals surface area contributed by atoms with E-state index < -0.39 is 21.5 Å². The lowest BCUT2D eigenvalue weighted by Gasteiger charge is -2.09. The fourth-order valence-corrected chi connectivity index (χ4v) is 4.23. The minimum absolute atomic E-state index is 0.156. The Labute approximate surface area is 153 Å². The fourth-order valence-electron chi connectivity index (χ4n) is 2.93. The van der Waals surface area contributed by atoms with Crippen LogP contribution in [0.25, 0.3) is 10.8 Å². The summed E-state index contributed by atoms with van der Waals surface area (Å²) in [4.78, 5) is 12.1. The van der Waals surface area contributed by atoms with Crippen molar-refractivity contribution in [3.63, 3.8) is 0 Å². The molecule has 0 aromatic heterocycles. The van der Waals surface area contributed by atoms with E-state index in [4.69, 9.17) is 0 Å². The molecule has 0 unspecified atom stereocenters. The second-order valence-corrected chi connectivity index (χ2v) is 8.33. The first-order chi connectivity index (χ1) is 12.5. The molecule has 5 heteroatoms. The third-order valence-corrected chi connectivity index (χ3v) is 5.71. The fraction of sp³-hybridized carbons (Fsp3) is 0.190. The Kier molecular flexibility index (Phi) is 5.38. The van der Waals surface area contributed by atoms with E-state index in [1.165, 1.54) is 0 Å². The third-order valence-electron chi connectivity index (χ3n) is 4.25. The van der Waals surface area contributed by atoms with E-state index in [9.17, 15) is 13.2 Å². The highest BCUT2D eigenvalue weighted by Gasteiger charge is 2.18. The summed E-state index contributed by atoms with van der Waals surface area (Å²) in [5, 5.41) is 4.54. The maximum absolute atomic E-state index is 12.5. The van der Waals surface area contributed by atoms with Gasteiger partial charge in [0, 0.05) is 5.69 Å². The Balaban J connectivity index is 1.70. The van der Waals surface area contributed by atoms with Gasteiger partial charge in [-0.05, 0) is 40.5 Å². The molecule has 1 amide bonds. The van der Waals surface area contributed by atoms with Gasteiger partial charge in [0.05, 0.1) is 5.75 Å². The third kappa shape index (κ3) is 4.49. The molecule has 4 nitrogen and oxygen atoms in total. The van der Waals surface area contributed by atoms with E-state index >= 15 is 0 Å². The monoisotopic (exact) mass is 367 g/mol. The van der Waals surface area contributed by atoms with Gasteiger partial charge in [-0.2, -0.15) is 0 Å². The van der Waals surface area contributed by atoms with Crippen molar-refractivity contribution < 1.29 is 13.2 Å². The molecular weight excluding hydrogens is 346 g/mol. The topological polar surface area (TPSA) is 63.2 Å². The number of nitrogens with one attached hydrogen (secondary N) is 1. The van der Waals surface area contributed by atoms with Gasteiger partial charge >= 0.3 is 0 Å². The van der Waals surface area contributed by atoms with E-state index in [-0.39, 0.29) is 5.75 Å². The molecule has 0 fully saturated rings. The summed E-state index contributed by atoms with van der Waals surface area (Å²) in [6.07, 6.45) is 0.910. The second-order valence-electron chi connectivity index (χ2n) is 6.27. The number of carbonyl (C=O) groups excluding carboxylic acids is 1. The molecule has 1 N–H and O–H groups in total. The summed E-state index contributed by atoms with van der Waals surface area (Å²) in [5.41, 5.74) is 2.47. The predicted molar refractivity (Wildman–Crippen MR) is 106 cm³/mol. The highest BCUT2D eigenvalue weighted by molar-refractivity contribution is 7.91. The maximum Gasteiger partial charge on any atom is 0.239 e. The summed E-state index contributed by atoms with van der Waals surface area (Å²) in [5.74, 6) is -1.21. The van der Waals surface area contributed by atoms with Gasteiger partial charge in [-0.3, -0.25) is 4.79 Å². The van der Waals surface area contributed by atoms with Gasteiger partial charge in [0.1, 0.15) is 5.75 Å². The number of aryl methyl sites for hydroxylation is 1. The average Bonchev–Trinajstić information content (AvgIpc) is 2.62. The van der Waals surface area contributed by atoms with Crippen LogP contribution in [-0.4, -0.2) is 20.1 Å². The molecule has 0 radical (unpaired) electrons. The van der Waals surface area contributed by atoms with Gasteiger partial charge in [-0.25, -0.2) is 8.42 Å². The Bertz CT molecular complexity index is 1020. The number of benzene rings is 3. The molecule has 3 aromatic rings. The molecule has 3 rings (SSSR count). The summed E-state index contributed by atoms with van der Waals surface area (Å²) >= 11 is 0. The quantitative estimate of drug-likeness (QED) is 0.717. The van der Waals surface area contributed by atoms with Crippen LogP contribution in [0.2, 0.25) is 0 Å². The van der Waals surface area contributed by atoms with Crippen molar-refractivity contribution in [1.29, 1.82) is 0 Å². The van der Waals surface area contributed by atoms with Gasteiger partial charge in [0.15, 0.2) is 9.84 Å². The molecule has 26 heavy (non-hydrogen) atoms. The van der Waals surface area contributed by atoms with E-state index in [1.807, 2.05) is 55.5 Å². The SMILES string of the molecule is CCc1ccc(NC(=O)CS(=O)(=O)Cc2cccc3ccccc23)cc1. The number of sulfone groups is 1. The first kappa shape index (κ1) is 18.1. The first-order valence-corrected chi connectivity index (χ1v) is 10.3. The van der Waals surface area contributed by atoms with E-state index in [0.29, 0.717) is 11.3 Å². The van der Waals surface area contributed by atoms with Crippen LogP contribution in [0.15, 0.2) is 66.7 Å². The van der Waals surface area contributed by atoms with Crippen LogP contribution < -0.4 is 5.32 Å². The predicted octanol–water partition coefficient (Wildman–Crippen LogP) is 3.96. The Morgan fingerprint density at radius 1 is 0.923 bits per heavy atom. The van der Waals surface area contributed by atoms with Crippen molar-refractivity contribution in [3.05, 3.63) is 77.9 Å². The van der Waals surface area contributed by atoms with Crippen LogP contribution in [0.4, 0.5) is 5.69 Å². The van der Waals surface area contributed by atoms with Crippen molar-refractivity contribution in [2.75, 3.05) is 11.1 Å². The number of carbonyl (C=O) groups is 1. The minimum Gasteiger partial charge on any atom is -0.325 e. The summed E-state index contributed by atoms with van der Waals surface area (Å²) in [6, 6.07) is 20.6. The molecule has 0 saturated carbocycles. The van der Waals surface area contributed by atoms with Crippen LogP contribution in [0.3, 0.4) is 0 Å². The molecule has 0 spiro atoms. The van der Waals surface area contributed by atoms with E-state index in [0.717, 1.165) is 22.8 Å². The zero-order valence-corrected chi connectivity index (χ0v) is 15.4. The summed E-state index contributed by atoms with van der Waals surface area (Å²) < 4.78 is 25.0. The smallest absolute Gasteiger partial charge is 0.239 e. The van der Waals surface area contributed by atoms with Crippen molar-refractivity contribution in [3.8, 4) is 0 Å². The van der Waals surface area contributed by atoms with Crippen molar-refractivity contribution in [2.45, 2.75) is 19.1 Å². The van der Waals surface area contributed by atoms with Crippen molar-refractivity contribution >= 4 is 32.2 Å². The van der Waals surface area contributed by atoms with Gasteiger partial charge in [-0.1, -0.05) is 61.5 Å². The molecule has 0 atom stereocenters. The highest BCUT2D eigenvalue weighted by Crippen LogP contribution is 2.21. The van der Waals surface area contributed by atoms with Gasteiger partial charge in [-0.15, -0.1) is 0 Å². The first-order valence-electron chi connectivity index (χ1n) is 8.53. The molecule has 0 saturated heterocycles. The standard InChI is InChI=1S/C21H21NO3S/c1-2-16-10-12-19(13-11-16)22-21(23)15-26(24,25)14-18-8-5-7-17-6-3-4-9-20(17)18/h3-13H,2,14-15H2,1H3,(H,22,23). The lowest BCUT2D eigenvalue weighted by Crippen LogP contribution is -2.24. The molecule has 0 aliphatic rings. The number of hydrogen-bond acceptors (Lipinski definition) is 3. The van der Waals surface area contributed by atoms with Crippen LogP contribution >= 0.6 is 0 Å². The molecule has 3 aromatic carbocycles. The van der Waals surface area contributed by atoms with Crippen LogP contribution in [0.1, 0.15) is 18.1 Å². The normalized spacial score (nSPS) is 11.4. The van der Waals surface area contributed by atoms with Crippen molar-refractivity contribution in [1.82, 2.24) is 0 Å². The number of anilines is 1. The molecule has 0 aliphatic carbocycles. The van der Waals surface area contributed by atoms with E-state index in [2.05, 4.69) is 5.32 Å². The number of fused-ring (bicyclic) bond motifs is 1. The van der Waals surface area contributed by atoms with Crippen LogP contribution in [0.5, 0.6) is 0 Å². The minimum atomic E-state index is -3.57. The number of rotatable bonds is 6. The Morgan fingerprint density at radius 3 is 2.35 bits per heavy atom. The second kappa shape index (κ2) is 7.70. The van der Waals surface area contributed by atoms with Gasteiger partial charge in [0.2, 0.25) is 5.91 Å². The lowest BCUT2D eigenvalue weighted by molar-refractivity contribution is -0.113. The summed E-state index contributed by atoms with van der Waals surface area (Å²) in [7, 11) is -3.57. The zero-order valence-electron chi connectivity index (χ0n) is 14.6. The summed E-state index contributed by atoms with van der Waals surface area (Å²) in [6.45, 7) is 2.05. The highest BCUT2D eigenvalue weighted by atomic mass is 32.2. The number of hydrogen-bond donors (Lipinski definition) is 1. The van der Waals surface area contributed by atoms with Gasteiger partial charge in [0.25, 0.3) is 0 Å². The largest absolute Gasteiger partial charge is 0.325 e.